The minimum Gasteiger partial charge on any atom is -0.389 e. The van der Waals surface area contributed by atoms with Crippen LogP contribution in [0.2, 0.25) is 0 Å². The summed E-state index contributed by atoms with van der Waals surface area (Å²) < 4.78 is 28.0. The Morgan fingerprint density at radius 3 is 2.71 bits per heavy atom. The molecular formula is C13H12BrN3O2S2. The molecule has 21 heavy (non-hydrogen) atoms. The lowest BCUT2D eigenvalue weighted by atomic mass is 10.1. The van der Waals surface area contributed by atoms with Crippen molar-refractivity contribution in [2.24, 2.45) is 5.73 Å². The fourth-order valence-electron chi connectivity index (χ4n) is 1.69. The van der Waals surface area contributed by atoms with Crippen LogP contribution in [0, 0.1) is 6.92 Å². The Bertz CT molecular complexity index is 807. The van der Waals surface area contributed by atoms with Crippen molar-refractivity contribution >= 4 is 49.0 Å². The number of nitrogens with one attached hydrogen (secondary N) is 1. The van der Waals surface area contributed by atoms with Gasteiger partial charge in [-0.15, -0.1) is 0 Å². The number of sulfonamides is 1. The molecule has 2 rings (SSSR count). The summed E-state index contributed by atoms with van der Waals surface area (Å²) in [6.45, 7) is 1.70. The smallest absolute Gasteiger partial charge is 0.263 e. The van der Waals surface area contributed by atoms with E-state index in [2.05, 4.69) is 25.6 Å². The first kappa shape index (κ1) is 15.9. The quantitative estimate of drug-likeness (QED) is 0.789. The van der Waals surface area contributed by atoms with Gasteiger partial charge in [-0.1, -0.05) is 24.4 Å². The molecule has 0 radical (unpaired) electrons. The first-order chi connectivity index (χ1) is 9.81. The molecule has 110 valence electrons. The molecule has 2 aromatic rings. The van der Waals surface area contributed by atoms with Crippen molar-refractivity contribution < 1.29 is 8.42 Å². The molecule has 0 saturated carbocycles. The highest BCUT2D eigenvalue weighted by atomic mass is 79.9. The van der Waals surface area contributed by atoms with E-state index in [9.17, 15) is 8.42 Å². The molecule has 1 heterocycles. The lowest BCUT2D eigenvalue weighted by Crippen LogP contribution is -2.17. The van der Waals surface area contributed by atoms with E-state index in [0.717, 1.165) is 0 Å². The number of nitrogens with two attached hydrogens (primary N) is 1. The van der Waals surface area contributed by atoms with E-state index in [1.807, 2.05) is 0 Å². The predicted octanol–water partition coefficient (Wildman–Crippen LogP) is 2.59. The number of hydrogen-bond donors (Lipinski definition) is 2. The monoisotopic (exact) mass is 385 g/mol. The van der Waals surface area contributed by atoms with E-state index >= 15 is 0 Å². The molecule has 8 heteroatoms. The molecule has 0 fully saturated rings. The zero-order valence-electron chi connectivity index (χ0n) is 11.0. The number of benzene rings is 1. The number of aryl methyl sites for hydroxylation is 1. The van der Waals surface area contributed by atoms with Crippen molar-refractivity contribution in [2.75, 3.05) is 4.72 Å². The van der Waals surface area contributed by atoms with Crippen LogP contribution in [0.1, 0.15) is 11.1 Å². The van der Waals surface area contributed by atoms with Crippen molar-refractivity contribution in [3.8, 4) is 0 Å². The van der Waals surface area contributed by atoms with E-state index in [0.29, 0.717) is 15.6 Å². The lowest BCUT2D eigenvalue weighted by molar-refractivity contribution is 0.600. The number of rotatable bonds is 4. The molecule has 1 aromatic heterocycles. The maximum atomic E-state index is 12.5. The molecule has 0 aliphatic carbocycles. The van der Waals surface area contributed by atoms with E-state index in [-0.39, 0.29) is 15.7 Å². The summed E-state index contributed by atoms with van der Waals surface area (Å²) >= 11 is 8.13. The first-order valence-electron chi connectivity index (χ1n) is 5.85. The van der Waals surface area contributed by atoms with Crippen molar-refractivity contribution in [1.82, 2.24) is 4.98 Å². The third kappa shape index (κ3) is 3.58. The van der Waals surface area contributed by atoms with Gasteiger partial charge in [-0.2, -0.15) is 0 Å². The van der Waals surface area contributed by atoms with Gasteiger partial charge in [-0.05, 0) is 46.6 Å². The molecule has 0 atom stereocenters. The van der Waals surface area contributed by atoms with E-state index in [1.165, 1.54) is 12.3 Å². The second kappa shape index (κ2) is 6.08. The van der Waals surface area contributed by atoms with Crippen LogP contribution in [-0.2, 0) is 10.0 Å². The highest BCUT2D eigenvalue weighted by Crippen LogP contribution is 2.24. The number of hydrogen-bond acceptors (Lipinski definition) is 4. The molecule has 0 saturated heterocycles. The number of halogens is 1. The summed E-state index contributed by atoms with van der Waals surface area (Å²) in [5, 5.41) is 0. The van der Waals surface area contributed by atoms with Gasteiger partial charge in [-0.25, -0.2) is 13.4 Å². The molecule has 0 unspecified atom stereocenters. The normalized spacial score (nSPS) is 11.1. The third-order valence-electron chi connectivity index (χ3n) is 2.75. The van der Waals surface area contributed by atoms with Gasteiger partial charge in [0.15, 0.2) is 5.82 Å². The van der Waals surface area contributed by atoms with Crippen LogP contribution < -0.4 is 10.5 Å². The second-order valence-electron chi connectivity index (χ2n) is 4.28. The van der Waals surface area contributed by atoms with Gasteiger partial charge in [0.25, 0.3) is 10.0 Å². The SMILES string of the molecule is Cc1ccc(C(N)=S)cc1S(=O)(=O)Nc1ncccc1Br. The zero-order valence-corrected chi connectivity index (χ0v) is 14.2. The highest BCUT2D eigenvalue weighted by molar-refractivity contribution is 9.10. The number of pyridine rings is 1. The Hall–Kier alpha value is -1.51. The second-order valence-corrected chi connectivity index (χ2v) is 7.23. The third-order valence-corrected chi connectivity index (χ3v) is 5.11. The topological polar surface area (TPSA) is 85.1 Å². The van der Waals surface area contributed by atoms with Gasteiger partial charge in [-0.3, -0.25) is 4.72 Å². The molecule has 0 aliphatic rings. The minimum atomic E-state index is -3.78. The molecule has 0 aliphatic heterocycles. The van der Waals surface area contributed by atoms with E-state index < -0.39 is 10.0 Å². The van der Waals surface area contributed by atoms with Crippen molar-refractivity contribution in [3.05, 3.63) is 52.1 Å². The van der Waals surface area contributed by atoms with E-state index in [1.54, 1.807) is 31.2 Å². The van der Waals surface area contributed by atoms with Crippen LogP contribution in [0.3, 0.4) is 0 Å². The van der Waals surface area contributed by atoms with Crippen LogP contribution in [0.15, 0.2) is 45.9 Å². The molecule has 3 N–H and O–H groups in total. The summed E-state index contributed by atoms with van der Waals surface area (Å²) in [4.78, 5) is 4.25. The van der Waals surface area contributed by atoms with Gasteiger partial charge in [0.05, 0.1) is 9.37 Å². The zero-order chi connectivity index (χ0) is 15.6. The number of anilines is 1. The van der Waals surface area contributed by atoms with Crippen LogP contribution in [0.4, 0.5) is 5.82 Å². The van der Waals surface area contributed by atoms with Crippen LogP contribution >= 0.6 is 28.1 Å². The van der Waals surface area contributed by atoms with Crippen LogP contribution in [-0.4, -0.2) is 18.4 Å². The summed E-state index contributed by atoms with van der Waals surface area (Å²) in [5.41, 5.74) is 6.64. The summed E-state index contributed by atoms with van der Waals surface area (Å²) in [6.07, 6.45) is 1.50. The van der Waals surface area contributed by atoms with Gasteiger partial charge >= 0.3 is 0 Å². The standard InChI is InChI=1S/C13H12BrN3O2S2/c1-8-4-5-9(12(15)20)7-11(8)21(18,19)17-13-10(14)3-2-6-16-13/h2-7H,1H3,(H2,15,20)(H,16,17). The van der Waals surface area contributed by atoms with Crippen molar-refractivity contribution in [2.45, 2.75) is 11.8 Å². The Morgan fingerprint density at radius 2 is 2.10 bits per heavy atom. The molecule has 5 nitrogen and oxygen atoms in total. The first-order valence-corrected chi connectivity index (χ1v) is 8.53. The minimum absolute atomic E-state index is 0.116. The fourth-order valence-corrected chi connectivity index (χ4v) is 3.60. The Balaban J connectivity index is 2.47. The molecular weight excluding hydrogens is 374 g/mol. The van der Waals surface area contributed by atoms with Gasteiger partial charge in [0.2, 0.25) is 0 Å². The number of aromatic nitrogens is 1. The lowest BCUT2D eigenvalue weighted by Gasteiger charge is -2.12. The Labute approximate surface area is 136 Å². The van der Waals surface area contributed by atoms with E-state index in [4.69, 9.17) is 18.0 Å². The van der Waals surface area contributed by atoms with Crippen LogP contribution in [0.5, 0.6) is 0 Å². The molecule has 1 aromatic carbocycles. The number of thiocarbonyl (C=S) groups is 1. The molecule has 0 bridgehead atoms. The van der Waals surface area contributed by atoms with Gasteiger partial charge < -0.3 is 5.73 Å². The Morgan fingerprint density at radius 1 is 1.38 bits per heavy atom. The highest BCUT2D eigenvalue weighted by Gasteiger charge is 2.19. The molecule has 0 amide bonds. The number of nitrogens with zero attached hydrogens (tertiary/aromatic N) is 1. The predicted molar refractivity (Wildman–Crippen MR) is 89.8 cm³/mol. The van der Waals surface area contributed by atoms with Gasteiger partial charge in [0, 0.05) is 11.8 Å². The largest absolute Gasteiger partial charge is 0.389 e. The summed E-state index contributed by atoms with van der Waals surface area (Å²) in [6, 6.07) is 8.20. The van der Waals surface area contributed by atoms with Crippen molar-refractivity contribution in [3.63, 3.8) is 0 Å². The Kier molecular flexibility index (Phi) is 4.60. The van der Waals surface area contributed by atoms with Gasteiger partial charge in [0.1, 0.15) is 4.99 Å². The van der Waals surface area contributed by atoms with Crippen LogP contribution in [0.25, 0.3) is 0 Å². The van der Waals surface area contributed by atoms with Crippen molar-refractivity contribution in [1.29, 1.82) is 0 Å². The molecule has 0 spiro atoms. The summed E-state index contributed by atoms with van der Waals surface area (Å²) in [5.74, 6) is 0.220. The maximum absolute atomic E-state index is 12.5. The fraction of sp³-hybridized carbons (Fsp3) is 0.0769. The average molecular weight is 386 g/mol. The summed E-state index contributed by atoms with van der Waals surface area (Å²) in [7, 11) is -3.78. The average Bonchev–Trinajstić information content (AvgIpc) is 2.41. The maximum Gasteiger partial charge on any atom is 0.263 e.